The van der Waals surface area contributed by atoms with Crippen molar-refractivity contribution in [3.05, 3.63) is 38.7 Å². The van der Waals surface area contributed by atoms with Gasteiger partial charge in [0.05, 0.1) is 6.54 Å². The maximum Gasteiger partial charge on any atom is 0.406 e. The van der Waals surface area contributed by atoms with Gasteiger partial charge in [0.25, 0.3) is 11.5 Å². The molecule has 3 rings (SSSR count). The van der Waals surface area contributed by atoms with Crippen LogP contribution in [-0.4, -0.2) is 43.8 Å². The van der Waals surface area contributed by atoms with E-state index in [2.05, 4.69) is 9.97 Å². The van der Waals surface area contributed by atoms with Crippen LogP contribution in [0.1, 0.15) is 15.4 Å². The molecule has 1 aliphatic heterocycles. The van der Waals surface area contributed by atoms with Crippen molar-refractivity contribution in [2.24, 2.45) is 0 Å². The highest BCUT2D eigenvalue weighted by molar-refractivity contribution is 7.99. The van der Waals surface area contributed by atoms with Crippen molar-refractivity contribution in [2.75, 3.05) is 12.3 Å². The van der Waals surface area contributed by atoms with Crippen molar-refractivity contribution >= 4 is 29.0 Å². The van der Waals surface area contributed by atoms with Gasteiger partial charge in [-0.05, 0) is 0 Å². The van der Waals surface area contributed by atoms with Gasteiger partial charge in [-0.1, -0.05) is 11.8 Å². The number of aromatic nitrogens is 3. The van der Waals surface area contributed by atoms with E-state index in [1.54, 1.807) is 5.38 Å². The Balaban J connectivity index is 1.92. The van der Waals surface area contributed by atoms with Crippen LogP contribution in [0.25, 0.3) is 0 Å². The number of rotatable bonds is 4. The molecule has 0 saturated carbocycles. The average molecular weight is 376 g/mol. The smallest absolute Gasteiger partial charge is 0.323 e. The van der Waals surface area contributed by atoms with Gasteiger partial charge in [0.15, 0.2) is 5.16 Å². The Kier molecular flexibility index (Phi) is 4.63. The molecule has 24 heavy (non-hydrogen) atoms. The summed E-state index contributed by atoms with van der Waals surface area (Å²) in [5.41, 5.74) is -0.969. The van der Waals surface area contributed by atoms with E-state index < -0.39 is 24.2 Å². The van der Waals surface area contributed by atoms with Crippen LogP contribution in [0.4, 0.5) is 13.2 Å². The summed E-state index contributed by atoms with van der Waals surface area (Å²) >= 11 is 2.50. The first-order valence-electron chi connectivity index (χ1n) is 6.82. The summed E-state index contributed by atoms with van der Waals surface area (Å²) in [6.45, 7) is -1.38. The van der Waals surface area contributed by atoms with E-state index in [-0.39, 0.29) is 12.1 Å². The van der Waals surface area contributed by atoms with Gasteiger partial charge in [0, 0.05) is 30.1 Å². The van der Waals surface area contributed by atoms with E-state index in [1.165, 1.54) is 22.5 Å². The molecule has 128 valence electrons. The maximum absolute atomic E-state index is 12.8. The lowest BCUT2D eigenvalue weighted by molar-refractivity contribution is -0.141. The summed E-state index contributed by atoms with van der Waals surface area (Å²) in [6, 6.07) is 0. The Bertz CT molecular complexity index is 805. The first kappa shape index (κ1) is 17.0. The van der Waals surface area contributed by atoms with Crippen LogP contribution in [0.2, 0.25) is 0 Å². The van der Waals surface area contributed by atoms with E-state index in [0.717, 1.165) is 17.5 Å². The number of alkyl halides is 3. The molecule has 0 bridgehead atoms. The summed E-state index contributed by atoms with van der Waals surface area (Å²) in [5.74, 6) is -0.349. The lowest BCUT2D eigenvalue weighted by Gasteiger charge is -2.22. The predicted molar refractivity (Wildman–Crippen MR) is 82.1 cm³/mol. The van der Waals surface area contributed by atoms with Crippen LogP contribution in [0, 0.1) is 0 Å². The van der Waals surface area contributed by atoms with E-state index in [4.69, 9.17) is 0 Å². The third-order valence-electron chi connectivity index (χ3n) is 3.25. The third-order valence-corrected chi connectivity index (χ3v) is 4.99. The monoisotopic (exact) mass is 376 g/mol. The van der Waals surface area contributed by atoms with Crippen molar-refractivity contribution in [3.63, 3.8) is 0 Å². The lowest BCUT2D eigenvalue weighted by Crippen LogP contribution is -2.41. The largest absolute Gasteiger partial charge is 0.406 e. The average Bonchev–Trinajstić information content (AvgIpc) is 3.16. The maximum atomic E-state index is 12.8. The van der Waals surface area contributed by atoms with Gasteiger partial charge in [-0.2, -0.15) is 13.2 Å². The number of thiazole rings is 1. The van der Waals surface area contributed by atoms with Crippen molar-refractivity contribution in [1.82, 2.24) is 19.4 Å². The molecule has 0 spiro atoms. The van der Waals surface area contributed by atoms with Gasteiger partial charge < -0.3 is 4.90 Å². The van der Waals surface area contributed by atoms with Crippen LogP contribution in [-0.2, 0) is 13.1 Å². The second kappa shape index (κ2) is 6.55. The zero-order valence-corrected chi connectivity index (χ0v) is 13.7. The molecule has 0 atom stereocenters. The summed E-state index contributed by atoms with van der Waals surface area (Å²) in [7, 11) is 0. The minimum Gasteiger partial charge on any atom is -0.323 e. The van der Waals surface area contributed by atoms with E-state index in [1.807, 2.05) is 0 Å². The Hall–Kier alpha value is -1.88. The molecule has 1 amide bonds. The minimum absolute atomic E-state index is 0.314. The fourth-order valence-electron chi connectivity index (χ4n) is 2.24. The quantitative estimate of drug-likeness (QED) is 0.764. The Morgan fingerprint density at radius 3 is 2.83 bits per heavy atom. The Labute approximate surface area is 142 Å². The highest BCUT2D eigenvalue weighted by atomic mass is 32.2. The lowest BCUT2D eigenvalue weighted by atomic mass is 10.2. The second-order valence-corrected chi connectivity index (χ2v) is 7.00. The molecule has 0 unspecified atom stereocenters. The molecule has 6 nitrogen and oxygen atoms in total. The standard InChI is InChI=1S/C13H11F3N4O2S2/c14-13(15,16)7-19(6-9-17-1-3-23-9)10(21)8-5-18-12-20(11(8)22)2-4-24-12/h1,3,5H,2,4,6-7H2. The molecule has 0 fully saturated rings. The van der Waals surface area contributed by atoms with Crippen molar-refractivity contribution in [3.8, 4) is 0 Å². The topological polar surface area (TPSA) is 68.1 Å². The van der Waals surface area contributed by atoms with Crippen molar-refractivity contribution in [2.45, 2.75) is 24.4 Å². The van der Waals surface area contributed by atoms with Crippen LogP contribution >= 0.6 is 23.1 Å². The van der Waals surface area contributed by atoms with Crippen LogP contribution in [0.3, 0.4) is 0 Å². The molecule has 0 aromatic carbocycles. The summed E-state index contributed by atoms with van der Waals surface area (Å²) < 4.78 is 39.8. The van der Waals surface area contributed by atoms with Crippen LogP contribution < -0.4 is 5.56 Å². The van der Waals surface area contributed by atoms with Crippen molar-refractivity contribution < 1.29 is 18.0 Å². The first-order valence-corrected chi connectivity index (χ1v) is 8.69. The third kappa shape index (κ3) is 3.61. The Morgan fingerprint density at radius 1 is 1.38 bits per heavy atom. The molecule has 0 saturated heterocycles. The fourth-order valence-corrected chi connectivity index (χ4v) is 3.79. The van der Waals surface area contributed by atoms with E-state index in [9.17, 15) is 22.8 Å². The molecule has 2 aromatic rings. The Morgan fingerprint density at radius 2 is 2.17 bits per heavy atom. The fraction of sp³-hybridized carbons (Fsp3) is 0.385. The normalized spacial score (nSPS) is 13.8. The van der Waals surface area contributed by atoms with Crippen LogP contribution in [0.5, 0.6) is 0 Å². The SMILES string of the molecule is O=C(c1cnc2n(c1=O)CCS2)N(Cc1nccs1)CC(F)(F)F. The number of hydrogen-bond acceptors (Lipinski definition) is 6. The van der Waals surface area contributed by atoms with Gasteiger partial charge in [0.2, 0.25) is 0 Å². The predicted octanol–water partition coefficient (Wildman–Crippen LogP) is 2.01. The highest BCUT2D eigenvalue weighted by Crippen LogP contribution is 2.22. The molecule has 1 aliphatic rings. The number of carbonyl (C=O) groups is 1. The molecule has 0 radical (unpaired) electrons. The number of halogens is 3. The zero-order valence-electron chi connectivity index (χ0n) is 12.1. The summed E-state index contributed by atoms with van der Waals surface area (Å²) in [4.78, 5) is 33.3. The van der Waals surface area contributed by atoms with E-state index in [0.29, 0.717) is 27.4 Å². The molecular formula is C13H11F3N4O2S2. The zero-order chi connectivity index (χ0) is 17.3. The van der Waals surface area contributed by atoms with Gasteiger partial charge >= 0.3 is 6.18 Å². The molecule has 11 heteroatoms. The summed E-state index contributed by atoms with van der Waals surface area (Å²) in [6.07, 6.45) is -2.08. The van der Waals surface area contributed by atoms with Gasteiger partial charge in [-0.15, -0.1) is 11.3 Å². The van der Waals surface area contributed by atoms with Gasteiger partial charge in [-0.3, -0.25) is 14.2 Å². The first-order chi connectivity index (χ1) is 11.3. The van der Waals surface area contributed by atoms with Crippen molar-refractivity contribution in [1.29, 1.82) is 0 Å². The van der Waals surface area contributed by atoms with E-state index >= 15 is 0 Å². The molecule has 2 aromatic heterocycles. The number of carbonyl (C=O) groups excluding carboxylic acids is 1. The minimum atomic E-state index is -4.58. The highest BCUT2D eigenvalue weighted by Gasteiger charge is 2.35. The number of hydrogen-bond donors (Lipinski definition) is 0. The van der Waals surface area contributed by atoms with Crippen LogP contribution in [0.15, 0.2) is 27.7 Å². The molecule has 3 heterocycles. The molecule has 0 aliphatic carbocycles. The number of fused-ring (bicyclic) bond motifs is 1. The number of nitrogens with zero attached hydrogens (tertiary/aromatic N) is 4. The summed E-state index contributed by atoms with van der Waals surface area (Å²) in [5, 5.41) is 2.44. The second-order valence-electron chi connectivity index (χ2n) is 4.96. The van der Waals surface area contributed by atoms with Gasteiger partial charge in [-0.25, -0.2) is 9.97 Å². The molecule has 0 N–H and O–H groups in total. The number of amides is 1. The number of thioether (sulfide) groups is 1. The molecular weight excluding hydrogens is 365 g/mol. The van der Waals surface area contributed by atoms with Gasteiger partial charge in [0.1, 0.15) is 17.1 Å².